The van der Waals surface area contributed by atoms with Crippen LogP contribution in [0.4, 0.5) is 0 Å². The smallest absolute Gasteiger partial charge is 0.222 e. The second kappa shape index (κ2) is 9.37. The second-order valence-electron chi connectivity index (χ2n) is 2.35. The van der Waals surface area contributed by atoms with E-state index in [2.05, 4.69) is 22.5 Å². The summed E-state index contributed by atoms with van der Waals surface area (Å²) < 4.78 is 0. The van der Waals surface area contributed by atoms with Crippen molar-refractivity contribution in [3.05, 3.63) is 0 Å². The van der Waals surface area contributed by atoms with Crippen molar-refractivity contribution in [3.8, 4) is 0 Å². The third-order valence-corrected chi connectivity index (χ3v) is 1.34. The first kappa shape index (κ1) is 16.2. The number of rotatable bonds is 4. The molecular weight excluding hydrogens is 242 g/mol. The molecule has 0 radical (unpaired) electrons. The van der Waals surface area contributed by atoms with E-state index in [1.54, 1.807) is 0 Å². The maximum atomic E-state index is 8.50. The monoisotopic (exact) mass is 254 g/mol. The molecule has 0 spiro atoms. The van der Waals surface area contributed by atoms with Crippen LogP contribution in [0.1, 0.15) is 0 Å². The fourth-order valence-electron chi connectivity index (χ4n) is 0.300. The van der Waals surface area contributed by atoms with Gasteiger partial charge < -0.3 is 25.3 Å². The van der Waals surface area contributed by atoms with Crippen LogP contribution < -0.4 is 0 Å². The summed E-state index contributed by atoms with van der Waals surface area (Å²) in [7, 11) is 0. The minimum atomic E-state index is -1.68. The summed E-state index contributed by atoms with van der Waals surface area (Å²) in [6.45, 7) is -3.30. The molecule has 0 amide bonds. The molecule has 5 nitrogen and oxygen atoms in total. The molecule has 0 atom stereocenters. The lowest BCUT2D eigenvalue weighted by molar-refractivity contribution is -0.0328. The van der Waals surface area contributed by atoms with Gasteiger partial charge in [-0.3, -0.25) is 0 Å². The van der Waals surface area contributed by atoms with Crippen molar-refractivity contribution >= 4 is 29.3 Å². The highest BCUT2D eigenvalue weighted by molar-refractivity contribution is 7.99. The Morgan fingerprint density at radius 1 is 0.846 bits per heavy atom. The van der Waals surface area contributed by atoms with Gasteiger partial charge in [-0.25, -0.2) is 0 Å². The van der Waals surface area contributed by atoms with Crippen molar-refractivity contribution in [1.29, 1.82) is 0 Å². The maximum Gasteiger partial charge on any atom is 0.222 e. The van der Waals surface area contributed by atoms with Gasteiger partial charge in [-0.15, -0.1) is 0 Å². The lowest BCUT2D eigenvalue weighted by Crippen LogP contribution is -2.37. The Balaban J connectivity index is 0. The lowest BCUT2D eigenvalue weighted by atomic mass is 9.93. The van der Waals surface area contributed by atoms with Gasteiger partial charge in [0, 0.05) is 0 Å². The van der Waals surface area contributed by atoms with Crippen molar-refractivity contribution in [2.45, 2.75) is 0 Å². The lowest BCUT2D eigenvalue weighted by Gasteiger charge is -2.23. The number of halogens is 2. The van der Waals surface area contributed by atoms with E-state index in [0.29, 0.717) is 0 Å². The molecule has 0 aromatic carbocycles. The molecule has 13 heavy (non-hydrogen) atoms. The molecule has 0 aromatic heterocycles. The average molecular weight is 255 g/mol. The highest BCUT2D eigenvalue weighted by atomic mass is 35.9. The van der Waals surface area contributed by atoms with Crippen LogP contribution in [-0.4, -0.2) is 51.7 Å². The standard InChI is InChI=1S/C5H12O4.Cl2HOP/c6-1-5(2-7,3-8)4-9;1-4(2)3/h6-9H,1-4H2;3H. The van der Waals surface area contributed by atoms with Crippen LogP contribution in [0.15, 0.2) is 0 Å². The van der Waals surface area contributed by atoms with Gasteiger partial charge in [-0.1, -0.05) is 0 Å². The molecule has 5 N–H and O–H groups in total. The fraction of sp³-hybridized carbons (Fsp3) is 1.00. The molecular formula is C5H13Cl2O5P. The molecule has 82 valence electrons. The summed E-state index contributed by atoms with van der Waals surface area (Å²) in [5.74, 6) is 0. The number of hydrogen-bond acceptors (Lipinski definition) is 5. The van der Waals surface area contributed by atoms with Gasteiger partial charge in [-0.2, -0.15) is 0 Å². The van der Waals surface area contributed by atoms with Crippen molar-refractivity contribution in [2.24, 2.45) is 5.41 Å². The second-order valence-corrected chi connectivity index (χ2v) is 5.22. The Labute approximate surface area is 87.0 Å². The fourth-order valence-corrected chi connectivity index (χ4v) is 0.300. The van der Waals surface area contributed by atoms with Gasteiger partial charge in [-0.05, 0) is 22.5 Å². The zero-order valence-electron chi connectivity index (χ0n) is 6.77. The van der Waals surface area contributed by atoms with Crippen molar-refractivity contribution < 1.29 is 25.3 Å². The average Bonchev–Trinajstić information content (AvgIpc) is 2.09. The normalized spacial score (nSPS) is 11.1. The summed E-state index contributed by atoms with van der Waals surface area (Å²) in [5, 5.41) is 34.0. The van der Waals surface area contributed by atoms with Gasteiger partial charge in [0.25, 0.3) is 0 Å². The topological polar surface area (TPSA) is 101 Å². The molecule has 0 bridgehead atoms. The van der Waals surface area contributed by atoms with Crippen LogP contribution in [0.3, 0.4) is 0 Å². The zero-order valence-corrected chi connectivity index (χ0v) is 9.17. The van der Waals surface area contributed by atoms with Crippen LogP contribution in [-0.2, 0) is 0 Å². The van der Waals surface area contributed by atoms with Gasteiger partial charge >= 0.3 is 0 Å². The van der Waals surface area contributed by atoms with Gasteiger partial charge in [0.2, 0.25) is 6.85 Å². The Bertz CT molecular complexity index is 90.8. The van der Waals surface area contributed by atoms with Gasteiger partial charge in [0.15, 0.2) is 0 Å². The highest BCUT2D eigenvalue weighted by Gasteiger charge is 2.26. The molecule has 0 aliphatic rings. The Hall–Kier alpha value is 0.810. The maximum absolute atomic E-state index is 8.50. The summed E-state index contributed by atoms with van der Waals surface area (Å²) in [6, 6.07) is 0. The first-order valence-corrected chi connectivity index (χ1v) is 6.32. The highest BCUT2D eigenvalue weighted by Crippen LogP contribution is 2.40. The largest absolute Gasteiger partial charge is 0.396 e. The first-order valence-electron chi connectivity index (χ1n) is 3.22. The minimum Gasteiger partial charge on any atom is -0.396 e. The molecule has 0 fully saturated rings. The van der Waals surface area contributed by atoms with E-state index in [0.717, 1.165) is 0 Å². The SMILES string of the molecule is OCC(CO)(CO)CO.OP(Cl)Cl. The predicted molar refractivity (Wildman–Crippen MR) is 51.6 cm³/mol. The molecule has 0 heterocycles. The molecule has 0 saturated heterocycles. The molecule has 0 aromatic rings. The molecule has 8 heteroatoms. The first-order chi connectivity index (χ1) is 5.97. The summed E-state index contributed by atoms with van der Waals surface area (Å²) in [4.78, 5) is 7.65. The van der Waals surface area contributed by atoms with E-state index in [4.69, 9.17) is 25.3 Å². The quantitative estimate of drug-likeness (QED) is 0.441. The predicted octanol–water partition coefficient (Wildman–Crippen LogP) is -0.375. The van der Waals surface area contributed by atoms with E-state index >= 15 is 0 Å². The van der Waals surface area contributed by atoms with Gasteiger partial charge in [0.05, 0.1) is 31.8 Å². The van der Waals surface area contributed by atoms with Crippen LogP contribution in [0, 0.1) is 5.41 Å². The number of aliphatic hydroxyl groups is 4. The van der Waals surface area contributed by atoms with E-state index < -0.39 is 38.7 Å². The third-order valence-electron chi connectivity index (χ3n) is 1.34. The Kier molecular flexibility index (Phi) is 11.7. The van der Waals surface area contributed by atoms with E-state index in [1.807, 2.05) is 0 Å². The number of hydrogen-bond donors (Lipinski definition) is 5. The van der Waals surface area contributed by atoms with Crippen LogP contribution in [0.25, 0.3) is 0 Å². The minimum absolute atomic E-state index is 0.406. The summed E-state index contributed by atoms with van der Waals surface area (Å²) in [6.07, 6.45) is 0. The summed E-state index contributed by atoms with van der Waals surface area (Å²) >= 11 is 9.32. The van der Waals surface area contributed by atoms with Crippen molar-refractivity contribution in [3.63, 3.8) is 0 Å². The van der Waals surface area contributed by atoms with Crippen LogP contribution in [0.5, 0.6) is 0 Å². The Morgan fingerprint density at radius 2 is 1.00 bits per heavy atom. The zero-order chi connectivity index (χ0) is 10.9. The molecule has 0 aliphatic carbocycles. The van der Waals surface area contributed by atoms with Crippen molar-refractivity contribution in [1.82, 2.24) is 0 Å². The number of aliphatic hydroxyl groups excluding tert-OH is 4. The summed E-state index contributed by atoms with van der Waals surface area (Å²) in [5.41, 5.74) is -1.11. The van der Waals surface area contributed by atoms with E-state index in [1.165, 1.54) is 0 Å². The van der Waals surface area contributed by atoms with Crippen LogP contribution in [0.2, 0.25) is 0 Å². The molecule has 0 aliphatic heterocycles. The van der Waals surface area contributed by atoms with Crippen LogP contribution >= 0.6 is 29.3 Å². The van der Waals surface area contributed by atoms with Crippen molar-refractivity contribution in [2.75, 3.05) is 26.4 Å². The third kappa shape index (κ3) is 9.12. The van der Waals surface area contributed by atoms with Gasteiger partial charge in [0.1, 0.15) is 0 Å². The molecule has 0 rings (SSSR count). The Morgan fingerprint density at radius 3 is 1.00 bits per heavy atom. The molecule has 0 unspecified atom stereocenters. The van der Waals surface area contributed by atoms with E-state index in [-0.39, 0.29) is 0 Å². The molecule has 0 saturated carbocycles. The van der Waals surface area contributed by atoms with E-state index in [9.17, 15) is 0 Å².